The Morgan fingerprint density at radius 1 is 1.18 bits per heavy atom. The Morgan fingerprint density at radius 2 is 1.91 bits per heavy atom. The van der Waals surface area contributed by atoms with E-state index in [1.807, 2.05) is 43.5 Å². The van der Waals surface area contributed by atoms with Gasteiger partial charge in [0.2, 0.25) is 19.3 Å². The highest BCUT2D eigenvalue weighted by Crippen LogP contribution is 2.25. The number of nitrogens with zero attached hydrogens (tertiary/aromatic N) is 4. The van der Waals surface area contributed by atoms with Crippen LogP contribution < -0.4 is 5.32 Å². The second kappa shape index (κ2) is 8.97. The minimum atomic E-state index is -3.53. The van der Waals surface area contributed by atoms with Crippen molar-refractivity contribution < 1.29 is 13.2 Å². The largest absolute Gasteiger partial charge is 0.342 e. The van der Waals surface area contributed by atoms with E-state index < -0.39 is 15.7 Å². The number of anilines is 1. The third-order valence-electron chi connectivity index (χ3n) is 4.90. The molecular formula is C23H19N5O3S2. The number of hydrogen-bond donors (Lipinski definition) is 1. The van der Waals surface area contributed by atoms with Crippen LogP contribution in [0, 0.1) is 18.3 Å². The molecule has 0 unspecified atom stereocenters. The number of carbonyl (C=O) groups is 1. The number of aryl methyl sites for hydroxylation is 1. The lowest BCUT2D eigenvalue weighted by Crippen LogP contribution is -2.13. The van der Waals surface area contributed by atoms with Crippen LogP contribution in [0.1, 0.15) is 16.7 Å². The van der Waals surface area contributed by atoms with Gasteiger partial charge in [0.25, 0.3) is 5.91 Å². The van der Waals surface area contributed by atoms with Crippen LogP contribution in [0.4, 0.5) is 5.13 Å². The number of sulfone groups is 1. The lowest BCUT2D eigenvalue weighted by atomic mass is 10.1. The van der Waals surface area contributed by atoms with Gasteiger partial charge in [-0.2, -0.15) is 5.26 Å². The molecular weight excluding hydrogens is 458 g/mol. The van der Waals surface area contributed by atoms with Crippen molar-refractivity contribution in [2.24, 2.45) is 0 Å². The summed E-state index contributed by atoms with van der Waals surface area (Å²) in [6.07, 6.45) is 4.43. The topological polar surface area (TPSA) is 118 Å². The van der Waals surface area contributed by atoms with Gasteiger partial charge in [-0.25, -0.2) is 8.42 Å². The van der Waals surface area contributed by atoms with E-state index >= 15 is 0 Å². The minimum Gasteiger partial charge on any atom is -0.342 e. The Morgan fingerprint density at radius 3 is 2.58 bits per heavy atom. The summed E-state index contributed by atoms with van der Waals surface area (Å²) < 4.78 is 25.0. The zero-order valence-corrected chi connectivity index (χ0v) is 19.4. The summed E-state index contributed by atoms with van der Waals surface area (Å²) in [5.74, 6) is -0.691. The molecule has 0 bridgehead atoms. The summed E-state index contributed by atoms with van der Waals surface area (Å²) in [4.78, 5) is 12.7. The van der Waals surface area contributed by atoms with Crippen molar-refractivity contribution in [2.45, 2.75) is 17.8 Å². The molecule has 8 nitrogen and oxygen atoms in total. The molecule has 0 fully saturated rings. The lowest BCUT2D eigenvalue weighted by molar-refractivity contribution is -0.112. The van der Waals surface area contributed by atoms with E-state index in [0.717, 1.165) is 39.6 Å². The van der Waals surface area contributed by atoms with Gasteiger partial charge < -0.3 is 4.57 Å². The summed E-state index contributed by atoms with van der Waals surface area (Å²) in [7, 11) is -3.53. The summed E-state index contributed by atoms with van der Waals surface area (Å²) >= 11 is 0.728. The molecule has 4 rings (SSSR count). The van der Waals surface area contributed by atoms with E-state index in [2.05, 4.69) is 44.3 Å². The van der Waals surface area contributed by atoms with Crippen molar-refractivity contribution in [3.8, 4) is 6.07 Å². The molecule has 0 saturated carbocycles. The van der Waals surface area contributed by atoms with Crippen LogP contribution in [0.2, 0.25) is 0 Å². The first-order valence-corrected chi connectivity index (χ1v) is 12.6. The van der Waals surface area contributed by atoms with E-state index in [4.69, 9.17) is 0 Å². The normalized spacial score (nSPS) is 12.0. The first kappa shape index (κ1) is 22.4. The van der Waals surface area contributed by atoms with Gasteiger partial charge in [-0.05, 0) is 24.6 Å². The fourth-order valence-corrected chi connectivity index (χ4v) is 4.79. The minimum absolute atomic E-state index is 0.00312. The molecule has 0 radical (unpaired) electrons. The number of benzene rings is 2. The number of carbonyl (C=O) groups excluding carboxylic acids is 1. The van der Waals surface area contributed by atoms with Gasteiger partial charge in [0.1, 0.15) is 11.6 Å². The SMILES string of the molecule is Cc1ccc(Cn2cc(/C=C(/C#N)C(=O)Nc3nnc(S(C)(=O)=O)s3)c3ccccc32)cc1. The molecule has 166 valence electrons. The van der Waals surface area contributed by atoms with Crippen LogP contribution in [-0.2, 0) is 21.2 Å². The maximum absolute atomic E-state index is 12.7. The van der Waals surface area contributed by atoms with Gasteiger partial charge in [-0.3, -0.25) is 10.1 Å². The number of fused-ring (bicyclic) bond motifs is 1. The van der Waals surface area contributed by atoms with Crippen LogP contribution in [0.25, 0.3) is 17.0 Å². The molecule has 0 aliphatic rings. The van der Waals surface area contributed by atoms with E-state index in [9.17, 15) is 18.5 Å². The Labute approximate surface area is 194 Å². The quantitative estimate of drug-likeness (QED) is 0.256. The first-order chi connectivity index (χ1) is 15.7. The fourth-order valence-electron chi connectivity index (χ4n) is 3.29. The Hall–Kier alpha value is -3.81. The van der Waals surface area contributed by atoms with Gasteiger partial charge in [-0.15, -0.1) is 10.2 Å². The van der Waals surface area contributed by atoms with Crippen LogP contribution in [0.5, 0.6) is 0 Å². The van der Waals surface area contributed by atoms with E-state index in [1.165, 1.54) is 11.6 Å². The number of nitrogens with one attached hydrogen (secondary N) is 1. The molecule has 33 heavy (non-hydrogen) atoms. The molecule has 1 N–H and O–H groups in total. The number of para-hydroxylation sites is 1. The Kier molecular flexibility index (Phi) is 6.09. The van der Waals surface area contributed by atoms with Crippen LogP contribution in [0.3, 0.4) is 0 Å². The first-order valence-electron chi connectivity index (χ1n) is 9.85. The molecule has 1 amide bonds. The second-order valence-corrected chi connectivity index (χ2v) is 10.7. The van der Waals surface area contributed by atoms with Crippen molar-refractivity contribution in [3.05, 3.63) is 77.0 Å². The zero-order valence-electron chi connectivity index (χ0n) is 17.8. The van der Waals surface area contributed by atoms with Gasteiger partial charge in [0.15, 0.2) is 0 Å². The summed E-state index contributed by atoms with van der Waals surface area (Å²) in [6.45, 7) is 2.68. The highest BCUT2D eigenvalue weighted by Gasteiger charge is 2.18. The fraction of sp³-hybridized carbons (Fsp3) is 0.130. The van der Waals surface area contributed by atoms with Crippen LogP contribution >= 0.6 is 11.3 Å². The van der Waals surface area contributed by atoms with Gasteiger partial charge >= 0.3 is 0 Å². The van der Waals surface area contributed by atoms with Gasteiger partial charge in [0.05, 0.1) is 0 Å². The molecule has 4 aromatic rings. The Bertz CT molecular complexity index is 1520. The molecule has 0 aliphatic heterocycles. The molecule has 0 aliphatic carbocycles. The average Bonchev–Trinajstić information content (AvgIpc) is 3.39. The van der Waals surface area contributed by atoms with E-state index in [0.29, 0.717) is 6.54 Å². The number of aromatic nitrogens is 3. The molecule has 10 heteroatoms. The molecule has 2 heterocycles. The Balaban J connectivity index is 1.65. The lowest BCUT2D eigenvalue weighted by Gasteiger charge is -2.06. The predicted octanol–water partition coefficient (Wildman–Crippen LogP) is 3.80. The highest BCUT2D eigenvalue weighted by atomic mass is 32.2. The van der Waals surface area contributed by atoms with Crippen molar-refractivity contribution >= 4 is 49.2 Å². The maximum Gasteiger partial charge on any atom is 0.268 e. The summed E-state index contributed by atoms with van der Waals surface area (Å²) in [5, 5.41) is 20.2. The zero-order chi connectivity index (χ0) is 23.6. The second-order valence-electron chi connectivity index (χ2n) is 7.48. The number of amides is 1. The number of hydrogen-bond acceptors (Lipinski definition) is 7. The van der Waals surface area contributed by atoms with Gasteiger partial charge in [0, 0.05) is 35.5 Å². The smallest absolute Gasteiger partial charge is 0.268 e. The van der Waals surface area contributed by atoms with E-state index in [1.54, 1.807) is 0 Å². The molecule has 2 aromatic heterocycles. The summed E-state index contributed by atoms with van der Waals surface area (Å²) in [6, 6.07) is 17.9. The van der Waals surface area contributed by atoms with Crippen molar-refractivity contribution in [3.63, 3.8) is 0 Å². The standard InChI is InChI=1S/C23H19N5O3S2/c1-15-7-9-16(10-8-15)13-28-14-18(19-5-3-4-6-20(19)28)11-17(12-24)21(29)25-22-26-27-23(32-22)33(2,30)31/h3-11,14H,13H2,1-2H3,(H,25,26,29)/b17-11-. The number of nitriles is 1. The van der Waals surface area contributed by atoms with Crippen LogP contribution in [-0.4, -0.2) is 35.3 Å². The molecule has 2 aromatic carbocycles. The van der Waals surface area contributed by atoms with Crippen molar-refractivity contribution in [2.75, 3.05) is 11.6 Å². The molecule has 0 atom stereocenters. The third kappa shape index (κ3) is 5.00. The number of rotatable bonds is 6. The summed E-state index contributed by atoms with van der Waals surface area (Å²) in [5.41, 5.74) is 3.88. The average molecular weight is 478 g/mol. The third-order valence-corrected chi connectivity index (χ3v) is 7.41. The van der Waals surface area contributed by atoms with E-state index in [-0.39, 0.29) is 15.0 Å². The predicted molar refractivity (Wildman–Crippen MR) is 127 cm³/mol. The van der Waals surface area contributed by atoms with Crippen LogP contribution in [0.15, 0.2) is 64.6 Å². The monoisotopic (exact) mass is 477 g/mol. The maximum atomic E-state index is 12.7. The van der Waals surface area contributed by atoms with Crippen molar-refractivity contribution in [1.82, 2.24) is 14.8 Å². The van der Waals surface area contributed by atoms with Crippen molar-refractivity contribution in [1.29, 1.82) is 5.26 Å². The molecule has 0 spiro atoms. The molecule has 0 saturated heterocycles. The highest BCUT2D eigenvalue weighted by molar-refractivity contribution is 7.92. The van der Waals surface area contributed by atoms with Gasteiger partial charge in [-0.1, -0.05) is 59.4 Å².